The summed E-state index contributed by atoms with van der Waals surface area (Å²) in [5.74, 6) is 0.161. The minimum absolute atomic E-state index is 0.238. The number of benzene rings is 1. The van der Waals surface area contributed by atoms with Crippen LogP contribution in [-0.2, 0) is 4.74 Å². The zero-order valence-corrected chi connectivity index (χ0v) is 16.8. The predicted octanol–water partition coefficient (Wildman–Crippen LogP) is 3.21. The molecule has 2 aliphatic heterocycles. The van der Waals surface area contributed by atoms with Crippen molar-refractivity contribution in [2.24, 2.45) is 0 Å². The molecule has 31 heavy (non-hydrogen) atoms. The van der Waals surface area contributed by atoms with E-state index >= 15 is 0 Å². The van der Waals surface area contributed by atoms with E-state index in [0.29, 0.717) is 62.1 Å². The zero-order chi connectivity index (χ0) is 21.4. The number of aromatic nitrogens is 3. The van der Waals surface area contributed by atoms with E-state index in [4.69, 9.17) is 4.74 Å². The lowest BCUT2D eigenvalue weighted by Gasteiger charge is -2.27. The van der Waals surface area contributed by atoms with Crippen molar-refractivity contribution in [1.29, 1.82) is 0 Å². The molecule has 1 atom stereocenters. The number of carbonyl (C=O) groups is 1. The topological polar surface area (TPSA) is 75.0 Å². The molecular weight excluding hydrogens is 406 g/mol. The Bertz CT molecular complexity index is 1110. The van der Waals surface area contributed by atoms with Crippen LogP contribution in [0.5, 0.6) is 0 Å². The fourth-order valence-electron chi connectivity index (χ4n) is 4.19. The van der Waals surface area contributed by atoms with E-state index in [1.54, 1.807) is 21.7 Å². The van der Waals surface area contributed by atoms with Crippen LogP contribution < -0.4 is 10.2 Å². The third-order valence-electron chi connectivity index (χ3n) is 5.75. The highest BCUT2D eigenvalue weighted by Crippen LogP contribution is 2.36. The molecule has 0 aliphatic carbocycles. The standard InChI is InChI=1S/C21H22F2N6O2/c22-14-3-4-16(23)15(12-14)17-2-1-7-28(17)19-6-5-18-24-13-20(29(18)26-19)25-21(30)27-8-10-31-11-9-27/h3-6,12-13,17H,1-2,7-11H2,(H,25,30). The van der Waals surface area contributed by atoms with Gasteiger partial charge in [-0.3, -0.25) is 5.32 Å². The van der Waals surface area contributed by atoms with Crippen LogP contribution in [0, 0.1) is 11.6 Å². The van der Waals surface area contributed by atoms with Gasteiger partial charge >= 0.3 is 6.03 Å². The van der Waals surface area contributed by atoms with Gasteiger partial charge in [0.2, 0.25) is 0 Å². The monoisotopic (exact) mass is 428 g/mol. The molecule has 2 amide bonds. The molecule has 0 saturated carbocycles. The van der Waals surface area contributed by atoms with Gasteiger partial charge in [0.1, 0.15) is 17.5 Å². The number of amides is 2. The van der Waals surface area contributed by atoms with Crippen LogP contribution in [0.25, 0.3) is 5.65 Å². The number of nitrogens with zero attached hydrogens (tertiary/aromatic N) is 5. The molecule has 4 heterocycles. The number of morpholine rings is 1. The molecule has 162 valence electrons. The maximum atomic E-state index is 14.4. The lowest BCUT2D eigenvalue weighted by molar-refractivity contribution is 0.0564. The molecule has 8 nitrogen and oxygen atoms in total. The largest absolute Gasteiger partial charge is 0.378 e. The Balaban J connectivity index is 1.43. The van der Waals surface area contributed by atoms with Gasteiger partial charge in [0, 0.05) is 25.2 Å². The summed E-state index contributed by atoms with van der Waals surface area (Å²) in [4.78, 5) is 20.5. The normalized spacial score (nSPS) is 19.2. The van der Waals surface area contributed by atoms with Gasteiger partial charge in [-0.15, -0.1) is 5.10 Å². The van der Waals surface area contributed by atoms with Gasteiger partial charge < -0.3 is 14.5 Å². The van der Waals surface area contributed by atoms with E-state index in [1.807, 2.05) is 11.0 Å². The summed E-state index contributed by atoms with van der Waals surface area (Å²) >= 11 is 0. The quantitative estimate of drug-likeness (QED) is 0.694. The van der Waals surface area contributed by atoms with Crippen molar-refractivity contribution >= 4 is 23.3 Å². The lowest BCUT2D eigenvalue weighted by Crippen LogP contribution is -2.43. The Labute approximate surface area is 177 Å². The Morgan fingerprint density at radius 3 is 2.81 bits per heavy atom. The molecule has 10 heteroatoms. The number of hydrogen-bond donors (Lipinski definition) is 1. The summed E-state index contributed by atoms with van der Waals surface area (Å²) in [7, 11) is 0. The molecule has 0 bridgehead atoms. The molecular formula is C21H22F2N6O2. The summed E-state index contributed by atoms with van der Waals surface area (Å²) in [6.45, 7) is 2.74. The first-order valence-electron chi connectivity index (χ1n) is 10.3. The van der Waals surface area contributed by atoms with Crippen molar-refractivity contribution in [1.82, 2.24) is 19.5 Å². The second-order valence-corrected chi connectivity index (χ2v) is 7.65. The number of rotatable bonds is 3. The minimum Gasteiger partial charge on any atom is -0.378 e. The number of ether oxygens (including phenoxy) is 1. The Morgan fingerprint density at radius 1 is 1.13 bits per heavy atom. The molecule has 2 aliphatic rings. The SMILES string of the molecule is O=C(Nc1cnc2ccc(N3CCCC3c3cc(F)ccc3F)nn12)N1CCOCC1. The van der Waals surface area contributed by atoms with Crippen molar-refractivity contribution in [2.75, 3.05) is 43.1 Å². The number of hydrogen-bond acceptors (Lipinski definition) is 5. The zero-order valence-electron chi connectivity index (χ0n) is 16.8. The first-order chi connectivity index (χ1) is 15.1. The van der Waals surface area contributed by atoms with Gasteiger partial charge in [-0.05, 0) is 43.2 Å². The highest BCUT2D eigenvalue weighted by atomic mass is 19.1. The van der Waals surface area contributed by atoms with Gasteiger partial charge in [-0.2, -0.15) is 4.52 Å². The van der Waals surface area contributed by atoms with Crippen molar-refractivity contribution in [2.45, 2.75) is 18.9 Å². The maximum Gasteiger partial charge on any atom is 0.323 e. The summed E-state index contributed by atoms with van der Waals surface area (Å²) < 4.78 is 35.0. The molecule has 2 saturated heterocycles. The van der Waals surface area contributed by atoms with E-state index in [1.165, 1.54) is 6.07 Å². The average Bonchev–Trinajstić information content (AvgIpc) is 3.43. The van der Waals surface area contributed by atoms with E-state index in [-0.39, 0.29) is 12.1 Å². The summed E-state index contributed by atoms with van der Waals surface area (Å²) in [6, 6.07) is 6.59. The first kappa shape index (κ1) is 19.7. The van der Waals surface area contributed by atoms with Gasteiger partial charge in [0.05, 0.1) is 25.5 Å². The van der Waals surface area contributed by atoms with E-state index < -0.39 is 11.6 Å². The lowest BCUT2D eigenvalue weighted by atomic mass is 10.0. The van der Waals surface area contributed by atoms with Crippen molar-refractivity contribution < 1.29 is 18.3 Å². The van der Waals surface area contributed by atoms with E-state index in [2.05, 4.69) is 15.4 Å². The van der Waals surface area contributed by atoms with Crippen LogP contribution in [0.2, 0.25) is 0 Å². The molecule has 3 aromatic rings. The molecule has 2 fully saturated rings. The second kappa shape index (κ2) is 8.10. The van der Waals surface area contributed by atoms with Crippen molar-refractivity contribution in [3.8, 4) is 0 Å². The van der Waals surface area contributed by atoms with E-state index in [9.17, 15) is 13.6 Å². The smallest absolute Gasteiger partial charge is 0.323 e. The second-order valence-electron chi connectivity index (χ2n) is 7.65. The molecule has 1 unspecified atom stereocenters. The number of urea groups is 1. The maximum absolute atomic E-state index is 14.4. The van der Waals surface area contributed by atoms with Crippen LogP contribution in [0.15, 0.2) is 36.5 Å². The van der Waals surface area contributed by atoms with Crippen LogP contribution in [0.4, 0.5) is 25.2 Å². The minimum atomic E-state index is -0.464. The Morgan fingerprint density at radius 2 is 1.97 bits per heavy atom. The average molecular weight is 428 g/mol. The number of halogens is 2. The molecule has 1 N–H and O–H groups in total. The Kier molecular flexibility index (Phi) is 5.14. The third kappa shape index (κ3) is 3.78. The number of carbonyl (C=O) groups excluding carboxylic acids is 1. The number of nitrogens with one attached hydrogen (secondary N) is 1. The highest BCUT2D eigenvalue weighted by Gasteiger charge is 2.30. The Hall–Kier alpha value is -3.27. The van der Waals surface area contributed by atoms with Crippen LogP contribution in [0.1, 0.15) is 24.4 Å². The van der Waals surface area contributed by atoms with Gasteiger partial charge in [0.25, 0.3) is 0 Å². The number of imidazole rings is 1. The summed E-state index contributed by atoms with van der Waals surface area (Å²) in [6.07, 6.45) is 3.09. The number of fused-ring (bicyclic) bond motifs is 1. The molecule has 5 rings (SSSR count). The number of anilines is 2. The summed E-state index contributed by atoms with van der Waals surface area (Å²) in [5.41, 5.74) is 0.902. The fourth-order valence-corrected chi connectivity index (χ4v) is 4.19. The van der Waals surface area contributed by atoms with Crippen LogP contribution in [-0.4, -0.2) is 58.4 Å². The van der Waals surface area contributed by atoms with Crippen molar-refractivity contribution in [3.63, 3.8) is 0 Å². The molecule has 0 spiro atoms. The van der Waals surface area contributed by atoms with Crippen LogP contribution in [0.3, 0.4) is 0 Å². The summed E-state index contributed by atoms with van der Waals surface area (Å²) in [5, 5.41) is 7.50. The van der Waals surface area contributed by atoms with Crippen LogP contribution >= 0.6 is 0 Å². The molecule has 2 aromatic heterocycles. The first-order valence-corrected chi connectivity index (χ1v) is 10.3. The van der Waals surface area contributed by atoms with Crippen molar-refractivity contribution in [3.05, 3.63) is 53.7 Å². The third-order valence-corrected chi connectivity index (χ3v) is 5.75. The van der Waals surface area contributed by atoms with E-state index in [0.717, 1.165) is 18.6 Å². The molecule has 0 radical (unpaired) electrons. The van der Waals surface area contributed by atoms with Gasteiger partial charge in [-0.1, -0.05) is 0 Å². The molecule has 1 aromatic carbocycles. The van der Waals surface area contributed by atoms with Gasteiger partial charge in [-0.25, -0.2) is 18.6 Å². The highest BCUT2D eigenvalue weighted by molar-refractivity contribution is 5.88. The fraction of sp³-hybridized carbons (Fsp3) is 0.381. The van der Waals surface area contributed by atoms with Gasteiger partial charge in [0.15, 0.2) is 11.5 Å². The predicted molar refractivity (Wildman–Crippen MR) is 110 cm³/mol.